The van der Waals surface area contributed by atoms with Crippen LogP contribution in [0.25, 0.3) is 10.9 Å². The third-order valence-corrected chi connectivity index (χ3v) is 5.47. The van der Waals surface area contributed by atoms with Crippen molar-refractivity contribution in [3.63, 3.8) is 0 Å². The maximum Gasteiger partial charge on any atom is 0.252 e. The largest absolute Gasteiger partial charge is 0.349 e. The van der Waals surface area contributed by atoms with E-state index in [1.807, 2.05) is 51.1 Å². The first-order valence-corrected chi connectivity index (χ1v) is 10.1. The van der Waals surface area contributed by atoms with Crippen LogP contribution in [-0.4, -0.2) is 27.1 Å². The van der Waals surface area contributed by atoms with Gasteiger partial charge >= 0.3 is 0 Å². The SMILES string of the molecule is CC(C)c1noc([C@@H](C)Sc2cc(C(=O)NC3CC3)c3ccccc3n2)n1. The zero-order valence-corrected chi connectivity index (χ0v) is 16.4. The highest BCUT2D eigenvalue weighted by Crippen LogP contribution is 2.35. The number of carbonyl (C=O) groups is 1. The van der Waals surface area contributed by atoms with Crippen molar-refractivity contribution in [1.82, 2.24) is 20.4 Å². The normalized spacial score (nSPS) is 15.3. The van der Waals surface area contributed by atoms with E-state index in [1.165, 1.54) is 11.8 Å². The van der Waals surface area contributed by atoms with Crippen LogP contribution < -0.4 is 5.32 Å². The number of nitrogens with zero attached hydrogens (tertiary/aromatic N) is 3. The van der Waals surface area contributed by atoms with Gasteiger partial charge in [0.25, 0.3) is 5.91 Å². The molecule has 1 N–H and O–H groups in total. The predicted octanol–water partition coefficient (Wildman–Crippen LogP) is 4.49. The third-order valence-electron chi connectivity index (χ3n) is 4.47. The van der Waals surface area contributed by atoms with E-state index in [-0.39, 0.29) is 17.1 Å². The number of thioether (sulfide) groups is 1. The minimum Gasteiger partial charge on any atom is -0.349 e. The summed E-state index contributed by atoms with van der Waals surface area (Å²) >= 11 is 1.52. The minimum atomic E-state index is -0.0574. The van der Waals surface area contributed by atoms with Crippen LogP contribution >= 0.6 is 11.8 Å². The third kappa shape index (κ3) is 3.98. The van der Waals surface area contributed by atoms with Gasteiger partial charge in [0.1, 0.15) is 0 Å². The Labute approximate surface area is 162 Å². The number of pyridine rings is 1. The molecule has 1 aliphatic rings. The van der Waals surface area contributed by atoms with Gasteiger partial charge in [-0.15, -0.1) is 0 Å². The van der Waals surface area contributed by atoms with Crippen LogP contribution in [0.5, 0.6) is 0 Å². The number of aromatic nitrogens is 3. The molecule has 0 unspecified atom stereocenters. The standard InChI is InChI=1S/C20H22N4O2S/c1-11(2)18-23-20(26-24-18)12(3)27-17-10-15(19(25)21-13-8-9-13)14-6-4-5-7-16(14)22-17/h4-7,10-13H,8-9H2,1-3H3,(H,21,25)/t12-/m1/s1. The molecule has 2 heterocycles. The fraction of sp³-hybridized carbons (Fsp3) is 0.400. The van der Waals surface area contributed by atoms with E-state index >= 15 is 0 Å². The van der Waals surface area contributed by atoms with Crippen molar-refractivity contribution in [2.75, 3.05) is 0 Å². The fourth-order valence-corrected chi connectivity index (χ4v) is 3.66. The summed E-state index contributed by atoms with van der Waals surface area (Å²) in [5.41, 5.74) is 1.47. The van der Waals surface area contributed by atoms with E-state index in [0.29, 0.717) is 23.3 Å². The first-order valence-electron chi connectivity index (χ1n) is 9.22. The van der Waals surface area contributed by atoms with Crippen molar-refractivity contribution in [2.24, 2.45) is 0 Å². The highest BCUT2D eigenvalue weighted by atomic mass is 32.2. The van der Waals surface area contributed by atoms with Gasteiger partial charge in [0.2, 0.25) is 5.89 Å². The van der Waals surface area contributed by atoms with E-state index in [2.05, 4.69) is 15.5 Å². The molecule has 6 nitrogen and oxygen atoms in total. The smallest absolute Gasteiger partial charge is 0.252 e. The Morgan fingerprint density at radius 1 is 1.22 bits per heavy atom. The molecule has 7 heteroatoms. The molecule has 0 saturated heterocycles. The number of hydrogen-bond donors (Lipinski definition) is 1. The lowest BCUT2D eigenvalue weighted by atomic mass is 10.1. The molecule has 0 bridgehead atoms. The van der Waals surface area contributed by atoms with Crippen molar-refractivity contribution >= 4 is 28.6 Å². The monoisotopic (exact) mass is 382 g/mol. The Balaban J connectivity index is 1.63. The lowest BCUT2D eigenvalue weighted by Crippen LogP contribution is -2.25. The molecule has 0 aliphatic heterocycles. The van der Waals surface area contributed by atoms with Crippen molar-refractivity contribution in [2.45, 2.75) is 55.8 Å². The maximum absolute atomic E-state index is 12.7. The Kier molecular flexibility index (Phi) is 4.86. The van der Waals surface area contributed by atoms with Crippen molar-refractivity contribution in [1.29, 1.82) is 0 Å². The first kappa shape index (κ1) is 18.0. The molecule has 4 rings (SSSR count). The van der Waals surface area contributed by atoms with Gasteiger partial charge in [-0.3, -0.25) is 4.79 Å². The quantitative estimate of drug-likeness (QED) is 0.633. The predicted molar refractivity (Wildman–Crippen MR) is 105 cm³/mol. The molecule has 0 spiro atoms. The van der Waals surface area contributed by atoms with Crippen LogP contribution in [-0.2, 0) is 0 Å². The van der Waals surface area contributed by atoms with Crippen LogP contribution in [0.4, 0.5) is 0 Å². The summed E-state index contributed by atoms with van der Waals surface area (Å²) in [6.07, 6.45) is 2.12. The van der Waals surface area contributed by atoms with Gasteiger partial charge in [-0.2, -0.15) is 4.98 Å². The van der Waals surface area contributed by atoms with Crippen LogP contribution in [0, 0.1) is 0 Å². The molecule has 1 aromatic carbocycles. The molecular weight excluding hydrogens is 360 g/mol. The molecule has 0 radical (unpaired) electrons. The highest BCUT2D eigenvalue weighted by molar-refractivity contribution is 7.99. The van der Waals surface area contributed by atoms with Crippen LogP contribution in [0.1, 0.15) is 66.9 Å². The lowest BCUT2D eigenvalue weighted by Gasteiger charge is -2.11. The van der Waals surface area contributed by atoms with Gasteiger partial charge in [-0.25, -0.2) is 4.98 Å². The van der Waals surface area contributed by atoms with Gasteiger partial charge < -0.3 is 9.84 Å². The van der Waals surface area contributed by atoms with E-state index in [0.717, 1.165) is 28.8 Å². The highest BCUT2D eigenvalue weighted by Gasteiger charge is 2.25. The average Bonchev–Trinajstić information content (AvgIpc) is 3.31. The summed E-state index contributed by atoms with van der Waals surface area (Å²) in [7, 11) is 0. The van der Waals surface area contributed by atoms with Crippen molar-refractivity contribution in [3.05, 3.63) is 47.6 Å². The summed E-state index contributed by atoms with van der Waals surface area (Å²) in [5.74, 6) is 1.46. The molecule has 1 amide bonds. The van der Waals surface area contributed by atoms with E-state index in [1.54, 1.807) is 0 Å². The molecule has 3 aromatic rings. The zero-order chi connectivity index (χ0) is 19.0. The number of nitrogens with one attached hydrogen (secondary N) is 1. The summed E-state index contributed by atoms with van der Waals surface area (Å²) in [4.78, 5) is 21.9. The van der Waals surface area contributed by atoms with E-state index < -0.39 is 0 Å². The second-order valence-corrected chi connectivity index (χ2v) is 8.54. The topological polar surface area (TPSA) is 80.9 Å². The second kappa shape index (κ2) is 7.31. The number of amides is 1. The van der Waals surface area contributed by atoms with Gasteiger partial charge in [-0.05, 0) is 31.9 Å². The van der Waals surface area contributed by atoms with Crippen LogP contribution in [0.15, 0.2) is 39.9 Å². The number of hydrogen-bond acceptors (Lipinski definition) is 6. The number of carbonyl (C=O) groups excluding carboxylic acids is 1. The van der Waals surface area contributed by atoms with Gasteiger partial charge in [0.15, 0.2) is 5.82 Å². The number of fused-ring (bicyclic) bond motifs is 1. The first-order chi connectivity index (χ1) is 13.0. The Morgan fingerprint density at radius 2 is 2.00 bits per heavy atom. The van der Waals surface area contributed by atoms with Crippen molar-refractivity contribution in [3.8, 4) is 0 Å². The minimum absolute atomic E-state index is 0.0366. The molecular formula is C20H22N4O2S. The van der Waals surface area contributed by atoms with E-state index in [9.17, 15) is 4.79 Å². The molecule has 1 fully saturated rings. The fourth-order valence-electron chi connectivity index (χ4n) is 2.77. The molecule has 1 atom stereocenters. The lowest BCUT2D eigenvalue weighted by molar-refractivity contribution is 0.0952. The molecule has 1 saturated carbocycles. The Bertz CT molecular complexity index is 981. The number of rotatable bonds is 6. The van der Waals surface area contributed by atoms with Gasteiger partial charge in [-0.1, -0.05) is 49.0 Å². The number of benzene rings is 1. The zero-order valence-electron chi connectivity index (χ0n) is 15.6. The van der Waals surface area contributed by atoms with Gasteiger partial charge in [0.05, 0.1) is 21.4 Å². The van der Waals surface area contributed by atoms with Crippen LogP contribution in [0.2, 0.25) is 0 Å². The molecule has 2 aromatic heterocycles. The molecule has 1 aliphatic carbocycles. The summed E-state index contributed by atoms with van der Waals surface area (Å²) in [6.45, 7) is 6.06. The molecule has 27 heavy (non-hydrogen) atoms. The Hall–Kier alpha value is -2.41. The summed E-state index contributed by atoms with van der Waals surface area (Å²) in [5, 5.41) is 8.68. The molecule has 140 valence electrons. The van der Waals surface area contributed by atoms with Crippen molar-refractivity contribution < 1.29 is 9.32 Å². The maximum atomic E-state index is 12.7. The number of para-hydroxylation sites is 1. The summed E-state index contributed by atoms with van der Waals surface area (Å²) in [6, 6.07) is 9.91. The second-order valence-electron chi connectivity index (χ2n) is 7.18. The Morgan fingerprint density at radius 3 is 2.70 bits per heavy atom. The van der Waals surface area contributed by atoms with Gasteiger partial charge in [0, 0.05) is 17.3 Å². The summed E-state index contributed by atoms with van der Waals surface area (Å²) < 4.78 is 5.40. The van der Waals surface area contributed by atoms with Crippen LogP contribution in [0.3, 0.4) is 0 Å². The van der Waals surface area contributed by atoms with E-state index in [4.69, 9.17) is 9.51 Å². The average molecular weight is 382 g/mol.